The summed E-state index contributed by atoms with van der Waals surface area (Å²) in [5.41, 5.74) is 2.88. The van der Waals surface area contributed by atoms with Gasteiger partial charge in [-0.3, -0.25) is 0 Å². The van der Waals surface area contributed by atoms with Crippen LogP contribution in [-0.4, -0.2) is 16.2 Å². The molecule has 5 heteroatoms. The van der Waals surface area contributed by atoms with Crippen molar-refractivity contribution >= 4 is 0 Å². The minimum atomic E-state index is -0.479. The normalized spacial score (nSPS) is 17.0. The van der Waals surface area contributed by atoms with E-state index in [4.69, 9.17) is 9.26 Å². The zero-order valence-corrected chi connectivity index (χ0v) is 14.5. The van der Waals surface area contributed by atoms with Gasteiger partial charge in [0.05, 0.1) is 0 Å². The Bertz CT molecular complexity index is 914. The maximum Gasteiger partial charge on any atom is 0.258 e. The smallest absolute Gasteiger partial charge is 0.258 e. The number of halogens is 1. The molecule has 0 bridgehead atoms. The summed E-state index contributed by atoms with van der Waals surface area (Å²) >= 11 is 0. The fourth-order valence-electron chi connectivity index (χ4n) is 2.93. The van der Waals surface area contributed by atoms with Crippen LogP contribution in [0.15, 0.2) is 65.0 Å². The Morgan fingerprint density at radius 2 is 1.77 bits per heavy atom. The van der Waals surface area contributed by atoms with Gasteiger partial charge in [0.1, 0.15) is 17.7 Å². The number of allylic oxidation sites excluding steroid dienone is 1. The molecule has 0 saturated heterocycles. The van der Waals surface area contributed by atoms with Gasteiger partial charge < -0.3 is 9.26 Å². The second kappa shape index (κ2) is 7.12. The number of aromatic nitrogens is 2. The van der Waals surface area contributed by atoms with Gasteiger partial charge in [-0.05, 0) is 68.7 Å². The van der Waals surface area contributed by atoms with Gasteiger partial charge in [-0.25, -0.2) is 4.39 Å². The van der Waals surface area contributed by atoms with Crippen molar-refractivity contribution in [3.05, 3.63) is 66.0 Å². The molecule has 0 fully saturated rings. The van der Waals surface area contributed by atoms with E-state index in [0.717, 1.165) is 24.0 Å². The van der Waals surface area contributed by atoms with Crippen molar-refractivity contribution in [1.82, 2.24) is 10.1 Å². The van der Waals surface area contributed by atoms with E-state index < -0.39 is 6.10 Å². The molecule has 132 valence electrons. The molecule has 4 rings (SSSR count). The van der Waals surface area contributed by atoms with Gasteiger partial charge in [0.2, 0.25) is 5.82 Å². The first-order chi connectivity index (χ1) is 12.7. The average Bonchev–Trinajstić information content (AvgIpc) is 3.15. The molecule has 1 atom stereocenters. The Labute approximate surface area is 151 Å². The van der Waals surface area contributed by atoms with Crippen molar-refractivity contribution < 1.29 is 13.7 Å². The van der Waals surface area contributed by atoms with E-state index in [0.29, 0.717) is 23.9 Å². The number of rotatable bonds is 4. The number of aryl methyl sites for hydroxylation is 1. The number of nitrogens with zero attached hydrogens (tertiary/aromatic N) is 2. The quantitative estimate of drug-likeness (QED) is 0.624. The number of hydrogen-bond donors (Lipinski definition) is 0. The summed E-state index contributed by atoms with van der Waals surface area (Å²) in [6.07, 6.45) is 3.56. The molecule has 0 saturated carbocycles. The van der Waals surface area contributed by atoms with Crippen molar-refractivity contribution in [2.45, 2.75) is 32.3 Å². The molecule has 0 amide bonds. The second-order valence-corrected chi connectivity index (χ2v) is 6.44. The van der Waals surface area contributed by atoms with E-state index in [1.165, 1.54) is 5.56 Å². The highest BCUT2D eigenvalue weighted by Gasteiger charge is 2.19. The molecule has 4 nitrogen and oxygen atoms in total. The Morgan fingerprint density at radius 3 is 2.50 bits per heavy atom. The molecule has 0 spiro atoms. The van der Waals surface area contributed by atoms with E-state index in [9.17, 15) is 4.39 Å². The molecular weight excluding hydrogens is 331 g/mol. The minimum absolute atomic E-state index is 0.179. The molecule has 1 heterocycles. The van der Waals surface area contributed by atoms with Crippen molar-refractivity contribution in [2.75, 3.05) is 0 Å². The van der Waals surface area contributed by atoms with Crippen LogP contribution < -0.4 is 4.74 Å². The minimum Gasteiger partial charge on any atom is -0.483 e. The van der Waals surface area contributed by atoms with Gasteiger partial charge in [-0.15, -0.1) is 0 Å². The van der Waals surface area contributed by atoms with Crippen molar-refractivity contribution in [2.24, 2.45) is 0 Å². The first-order valence-electron chi connectivity index (χ1n) is 8.72. The number of hydrogen-bond acceptors (Lipinski definition) is 4. The summed E-state index contributed by atoms with van der Waals surface area (Å²) in [4.78, 5) is 4.45. The van der Waals surface area contributed by atoms with E-state index in [1.54, 1.807) is 18.2 Å². The second-order valence-electron chi connectivity index (χ2n) is 6.44. The lowest BCUT2D eigenvalue weighted by Crippen LogP contribution is -2.19. The van der Waals surface area contributed by atoms with Crippen LogP contribution in [0.5, 0.6) is 5.75 Å². The van der Waals surface area contributed by atoms with Crippen LogP contribution in [0.1, 0.15) is 24.8 Å². The van der Waals surface area contributed by atoms with Crippen molar-refractivity contribution in [1.29, 1.82) is 0 Å². The summed E-state index contributed by atoms with van der Waals surface area (Å²) in [7, 11) is 0. The third-order valence-corrected chi connectivity index (χ3v) is 4.43. The number of benzene rings is 2. The van der Waals surface area contributed by atoms with Crippen LogP contribution in [-0.2, 0) is 0 Å². The zero-order chi connectivity index (χ0) is 17.9. The predicted octanol–water partition coefficient (Wildman–Crippen LogP) is 5.50. The van der Waals surface area contributed by atoms with Crippen LogP contribution in [0.4, 0.5) is 4.39 Å². The Hall–Kier alpha value is -2.95. The summed E-state index contributed by atoms with van der Waals surface area (Å²) in [5, 5.41) is 4.05. The van der Waals surface area contributed by atoms with E-state index in [1.807, 2.05) is 43.3 Å². The molecule has 0 aliphatic heterocycles. The number of ether oxygens (including phenoxy) is 1. The van der Waals surface area contributed by atoms with E-state index in [2.05, 4.69) is 10.1 Å². The van der Waals surface area contributed by atoms with Crippen LogP contribution in [0.3, 0.4) is 0 Å². The van der Waals surface area contributed by atoms with Gasteiger partial charge in [-0.2, -0.15) is 4.98 Å². The maximum absolute atomic E-state index is 13.8. The topological polar surface area (TPSA) is 48.2 Å². The van der Waals surface area contributed by atoms with Gasteiger partial charge in [-0.1, -0.05) is 22.9 Å². The van der Waals surface area contributed by atoms with Crippen LogP contribution in [0.2, 0.25) is 0 Å². The third kappa shape index (κ3) is 3.52. The van der Waals surface area contributed by atoms with Gasteiger partial charge in [0.25, 0.3) is 5.89 Å². The molecule has 0 N–H and O–H groups in total. The van der Waals surface area contributed by atoms with Gasteiger partial charge in [0.15, 0.2) is 0 Å². The fraction of sp³-hybridized carbons (Fsp3) is 0.238. The zero-order valence-electron chi connectivity index (χ0n) is 14.5. The van der Waals surface area contributed by atoms with Gasteiger partial charge in [0, 0.05) is 11.1 Å². The van der Waals surface area contributed by atoms with Crippen LogP contribution in [0, 0.1) is 6.92 Å². The Morgan fingerprint density at radius 1 is 1.04 bits per heavy atom. The van der Waals surface area contributed by atoms with Crippen LogP contribution in [0.25, 0.3) is 22.8 Å². The molecule has 26 heavy (non-hydrogen) atoms. The highest BCUT2D eigenvalue weighted by molar-refractivity contribution is 5.60. The maximum atomic E-state index is 13.8. The molecule has 0 radical (unpaired) electrons. The standard InChI is InChI=1S/C21H19FN2O2/c1-14-6-8-16(9-7-14)21-23-20(24-26-21)15-10-12-17(13-11-15)25-19-5-3-2-4-18(19)22/h4,6-13,19H,2-3,5H2,1H3. The Balaban J connectivity index is 1.49. The lowest BCUT2D eigenvalue weighted by atomic mass is 10.0. The largest absolute Gasteiger partial charge is 0.483 e. The molecule has 2 aromatic carbocycles. The lowest BCUT2D eigenvalue weighted by Gasteiger charge is -2.20. The van der Waals surface area contributed by atoms with Crippen molar-refractivity contribution in [3.8, 4) is 28.6 Å². The first kappa shape index (κ1) is 16.5. The van der Waals surface area contributed by atoms with E-state index >= 15 is 0 Å². The summed E-state index contributed by atoms with van der Waals surface area (Å²) < 4.78 is 24.9. The van der Waals surface area contributed by atoms with Crippen molar-refractivity contribution in [3.63, 3.8) is 0 Å². The summed E-state index contributed by atoms with van der Waals surface area (Å²) in [5.74, 6) is 1.44. The third-order valence-electron chi connectivity index (χ3n) is 4.43. The molecule has 1 aromatic heterocycles. The molecular formula is C21H19FN2O2. The SMILES string of the molecule is Cc1ccc(-c2nc(-c3ccc(OC4CCCC=C4F)cc3)no2)cc1. The van der Waals surface area contributed by atoms with E-state index in [-0.39, 0.29) is 5.83 Å². The summed E-state index contributed by atoms with van der Waals surface area (Å²) in [6.45, 7) is 2.03. The molecule has 1 aliphatic rings. The molecule has 1 aliphatic carbocycles. The molecule has 1 unspecified atom stereocenters. The Kier molecular flexibility index (Phi) is 4.52. The first-order valence-corrected chi connectivity index (χ1v) is 8.72. The van der Waals surface area contributed by atoms with Crippen LogP contribution >= 0.6 is 0 Å². The molecule has 3 aromatic rings. The highest BCUT2D eigenvalue weighted by atomic mass is 19.1. The lowest BCUT2D eigenvalue weighted by molar-refractivity contribution is 0.187. The highest BCUT2D eigenvalue weighted by Crippen LogP contribution is 2.27. The monoisotopic (exact) mass is 350 g/mol. The summed E-state index contributed by atoms with van der Waals surface area (Å²) in [6, 6.07) is 15.2. The van der Waals surface area contributed by atoms with Gasteiger partial charge >= 0.3 is 0 Å². The predicted molar refractivity (Wildman–Crippen MR) is 97.4 cm³/mol. The fourth-order valence-corrected chi connectivity index (χ4v) is 2.93. The average molecular weight is 350 g/mol.